The zero-order chi connectivity index (χ0) is 12.7. The van der Waals surface area contributed by atoms with Gasteiger partial charge in [0.1, 0.15) is 6.29 Å². The standard InChI is InChI=1S/C12H15BrO4/c1-15-4-3-5-17-11-7-9(8-14)6-10(13)12(11)16-2/h6-8H,3-5H2,1-2H3. The van der Waals surface area contributed by atoms with Crippen molar-refractivity contribution < 1.29 is 19.0 Å². The van der Waals surface area contributed by atoms with Crippen molar-refractivity contribution in [1.82, 2.24) is 0 Å². The fraction of sp³-hybridized carbons (Fsp3) is 0.417. The van der Waals surface area contributed by atoms with Gasteiger partial charge in [0.25, 0.3) is 0 Å². The molecule has 0 bridgehead atoms. The Hall–Kier alpha value is -1.07. The van der Waals surface area contributed by atoms with Gasteiger partial charge < -0.3 is 14.2 Å². The first-order chi connectivity index (χ1) is 8.22. The Morgan fingerprint density at radius 1 is 1.29 bits per heavy atom. The zero-order valence-corrected chi connectivity index (χ0v) is 11.5. The van der Waals surface area contributed by atoms with E-state index in [9.17, 15) is 4.79 Å². The fourth-order valence-electron chi connectivity index (χ4n) is 1.35. The molecule has 4 nitrogen and oxygen atoms in total. The van der Waals surface area contributed by atoms with E-state index < -0.39 is 0 Å². The van der Waals surface area contributed by atoms with Crippen LogP contribution in [-0.2, 0) is 4.74 Å². The van der Waals surface area contributed by atoms with Crippen molar-refractivity contribution in [2.75, 3.05) is 27.4 Å². The SMILES string of the molecule is COCCCOc1cc(C=O)cc(Br)c1OC. The molecule has 0 unspecified atom stereocenters. The predicted molar refractivity (Wildman–Crippen MR) is 68.1 cm³/mol. The molecule has 0 fully saturated rings. The fourth-order valence-corrected chi connectivity index (χ4v) is 1.97. The van der Waals surface area contributed by atoms with Crippen LogP contribution in [-0.4, -0.2) is 33.7 Å². The molecule has 0 saturated carbocycles. The first-order valence-corrected chi connectivity index (χ1v) is 5.96. The molecule has 0 N–H and O–H groups in total. The molecule has 0 aliphatic carbocycles. The maximum Gasteiger partial charge on any atom is 0.174 e. The van der Waals surface area contributed by atoms with E-state index in [-0.39, 0.29) is 0 Å². The molecule has 0 spiro atoms. The summed E-state index contributed by atoms with van der Waals surface area (Å²) in [6.45, 7) is 1.15. The van der Waals surface area contributed by atoms with Gasteiger partial charge in [0, 0.05) is 25.7 Å². The van der Waals surface area contributed by atoms with Crippen LogP contribution in [0.1, 0.15) is 16.8 Å². The average Bonchev–Trinajstić information content (AvgIpc) is 2.34. The van der Waals surface area contributed by atoms with Gasteiger partial charge in [-0.1, -0.05) is 0 Å². The van der Waals surface area contributed by atoms with E-state index in [0.717, 1.165) is 12.7 Å². The quantitative estimate of drug-likeness (QED) is 0.574. The summed E-state index contributed by atoms with van der Waals surface area (Å²) in [5.41, 5.74) is 0.541. The highest BCUT2D eigenvalue weighted by Crippen LogP contribution is 2.36. The Labute approximate surface area is 109 Å². The second kappa shape index (κ2) is 7.29. The summed E-state index contributed by atoms with van der Waals surface area (Å²) < 4.78 is 16.4. The molecule has 1 rings (SSSR count). The lowest BCUT2D eigenvalue weighted by Gasteiger charge is -2.12. The number of carbonyl (C=O) groups is 1. The van der Waals surface area contributed by atoms with Gasteiger partial charge in [-0.2, -0.15) is 0 Å². The third-order valence-electron chi connectivity index (χ3n) is 2.12. The summed E-state index contributed by atoms with van der Waals surface area (Å²) >= 11 is 3.33. The molecule has 0 aliphatic rings. The number of hydrogen-bond donors (Lipinski definition) is 0. The molecule has 0 atom stereocenters. The molecule has 0 radical (unpaired) electrons. The minimum absolute atomic E-state index is 0.513. The molecular formula is C12H15BrO4. The highest BCUT2D eigenvalue weighted by atomic mass is 79.9. The van der Waals surface area contributed by atoms with Crippen LogP contribution in [0.3, 0.4) is 0 Å². The van der Waals surface area contributed by atoms with Crippen LogP contribution in [0, 0.1) is 0 Å². The third-order valence-corrected chi connectivity index (χ3v) is 2.71. The van der Waals surface area contributed by atoms with Gasteiger partial charge in [0.05, 0.1) is 18.2 Å². The number of rotatable bonds is 7. The molecule has 1 aromatic rings. The highest BCUT2D eigenvalue weighted by Gasteiger charge is 2.10. The Bertz CT molecular complexity index is 379. The van der Waals surface area contributed by atoms with Crippen molar-refractivity contribution in [2.24, 2.45) is 0 Å². The Balaban J connectivity index is 2.80. The van der Waals surface area contributed by atoms with Gasteiger partial charge in [0.2, 0.25) is 0 Å². The van der Waals surface area contributed by atoms with E-state index in [1.54, 1.807) is 26.4 Å². The summed E-state index contributed by atoms with van der Waals surface area (Å²) in [6, 6.07) is 3.34. The van der Waals surface area contributed by atoms with Crippen molar-refractivity contribution in [3.63, 3.8) is 0 Å². The topological polar surface area (TPSA) is 44.8 Å². The number of methoxy groups -OCH3 is 2. The van der Waals surface area contributed by atoms with Crippen LogP contribution in [0.25, 0.3) is 0 Å². The van der Waals surface area contributed by atoms with Gasteiger partial charge in [-0.15, -0.1) is 0 Å². The van der Waals surface area contributed by atoms with Crippen LogP contribution in [0.15, 0.2) is 16.6 Å². The number of benzene rings is 1. The van der Waals surface area contributed by atoms with Crippen molar-refractivity contribution in [3.05, 3.63) is 22.2 Å². The molecule has 1 aromatic carbocycles. The summed E-state index contributed by atoms with van der Waals surface area (Å²) in [5.74, 6) is 1.15. The van der Waals surface area contributed by atoms with E-state index in [1.165, 1.54) is 0 Å². The van der Waals surface area contributed by atoms with Crippen molar-refractivity contribution in [1.29, 1.82) is 0 Å². The predicted octanol–water partition coefficient (Wildman–Crippen LogP) is 2.69. The molecule has 0 amide bonds. The Morgan fingerprint density at radius 2 is 2.06 bits per heavy atom. The Kier molecular flexibility index (Phi) is 6.00. The molecule has 0 saturated heterocycles. The molecule has 94 valence electrons. The van der Waals surface area contributed by atoms with Crippen molar-refractivity contribution in [2.45, 2.75) is 6.42 Å². The number of halogens is 1. The highest BCUT2D eigenvalue weighted by molar-refractivity contribution is 9.10. The van der Waals surface area contributed by atoms with Gasteiger partial charge >= 0.3 is 0 Å². The number of hydrogen-bond acceptors (Lipinski definition) is 4. The van der Waals surface area contributed by atoms with E-state index in [1.807, 2.05) is 0 Å². The first kappa shape index (κ1) is 14.0. The van der Waals surface area contributed by atoms with Crippen LogP contribution < -0.4 is 9.47 Å². The largest absolute Gasteiger partial charge is 0.492 e. The maximum absolute atomic E-state index is 10.7. The number of aldehydes is 1. The van der Waals surface area contributed by atoms with Gasteiger partial charge in [-0.05, 0) is 28.1 Å². The van der Waals surface area contributed by atoms with Crippen LogP contribution >= 0.6 is 15.9 Å². The first-order valence-electron chi connectivity index (χ1n) is 5.17. The van der Waals surface area contributed by atoms with Crippen molar-refractivity contribution >= 4 is 22.2 Å². The lowest BCUT2D eigenvalue weighted by molar-refractivity contribution is 0.112. The summed E-state index contributed by atoms with van der Waals surface area (Å²) in [6.07, 6.45) is 1.55. The second-order valence-electron chi connectivity index (χ2n) is 3.35. The minimum Gasteiger partial charge on any atom is -0.492 e. The summed E-state index contributed by atoms with van der Waals surface area (Å²) in [4.78, 5) is 10.7. The van der Waals surface area contributed by atoms with E-state index in [4.69, 9.17) is 14.2 Å². The minimum atomic E-state index is 0.513. The molecular weight excluding hydrogens is 288 g/mol. The van der Waals surface area contributed by atoms with Gasteiger partial charge in [-0.25, -0.2) is 0 Å². The second-order valence-corrected chi connectivity index (χ2v) is 4.20. The van der Waals surface area contributed by atoms with Crippen LogP contribution in [0.2, 0.25) is 0 Å². The zero-order valence-electron chi connectivity index (χ0n) is 9.86. The maximum atomic E-state index is 10.7. The van der Waals surface area contributed by atoms with Crippen molar-refractivity contribution in [3.8, 4) is 11.5 Å². The smallest absolute Gasteiger partial charge is 0.174 e. The van der Waals surface area contributed by atoms with E-state index >= 15 is 0 Å². The molecule has 0 heterocycles. The lowest BCUT2D eigenvalue weighted by atomic mass is 10.2. The molecule has 5 heteroatoms. The van der Waals surface area contributed by atoms with E-state index in [0.29, 0.717) is 34.7 Å². The average molecular weight is 303 g/mol. The van der Waals surface area contributed by atoms with Crippen LogP contribution in [0.4, 0.5) is 0 Å². The number of carbonyl (C=O) groups excluding carboxylic acids is 1. The third kappa shape index (κ3) is 4.02. The monoisotopic (exact) mass is 302 g/mol. The normalized spacial score (nSPS) is 10.1. The summed E-state index contributed by atoms with van der Waals surface area (Å²) in [7, 11) is 3.20. The summed E-state index contributed by atoms with van der Waals surface area (Å²) in [5, 5.41) is 0. The lowest BCUT2D eigenvalue weighted by Crippen LogP contribution is -2.03. The van der Waals surface area contributed by atoms with E-state index in [2.05, 4.69) is 15.9 Å². The molecule has 17 heavy (non-hydrogen) atoms. The van der Waals surface area contributed by atoms with Crippen LogP contribution in [0.5, 0.6) is 11.5 Å². The van der Waals surface area contributed by atoms with Gasteiger partial charge in [-0.3, -0.25) is 4.79 Å². The molecule has 0 aliphatic heterocycles. The Morgan fingerprint density at radius 3 is 2.65 bits per heavy atom. The molecule has 0 aromatic heterocycles. The number of ether oxygens (including phenoxy) is 3. The van der Waals surface area contributed by atoms with Gasteiger partial charge in [0.15, 0.2) is 11.5 Å².